The normalized spacial score (nSPS) is 21.9. The zero-order chi connectivity index (χ0) is 16.3. The minimum Gasteiger partial charge on any atom is -0.394 e. The number of aliphatic hydroxyl groups excluding tert-OH is 1. The first-order valence-corrected chi connectivity index (χ1v) is 7.03. The average molecular weight is 302 g/mol. The number of nitrogens with zero attached hydrogens (tertiary/aromatic N) is 1. The fourth-order valence-electron chi connectivity index (χ4n) is 2.59. The molecule has 0 aliphatic heterocycles. The summed E-state index contributed by atoms with van der Waals surface area (Å²) in [7, 11) is 0. The Morgan fingerprint density at radius 3 is 2.45 bits per heavy atom. The predicted octanol–water partition coefficient (Wildman–Crippen LogP) is 0.496. The van der Waals surface area contributed by atoms with Crippen molar-refractivity contribution < 1.29 is 19.5 Å². The van der Waals surface area contributed by atoms with Gasteiger partial charge in [-0.15, -0.1) is 0 Å². The van der Waals surface area contributed by atoms with Crippen molar-refractivity contribution in [3.8, 4) is 0 Å². The Hall–Kier alpha value is -2.34. The van der Waals surface area contributed by atoms with Crippen molar-refractivity contribution in [1.82, 2.24) is 5.32 Å². The van der Waals surface area contributed by atoms with Crippen LogP contribution in [0.2, 0.25) is 0 Å². The lowest BCUT2D eigenvalue weighted by Crippen LogP contribution is -2.45. The van der Waals surface area contributed by atoms with E-state index in [1.54, 1.807) is 31.2 Å². The van der Waals surface area contributed by atoms with E-state index in [2.05, 4.69) is 17.0 Å². The van der Waals surface area contributed by atoms with Gasteiger partial charge in [-0.25, -0.2) is 0 Å². The van der Waals surface area contributed by atoms with E-state index in [0.717, 1.165) is 0 Å². The van der Waals surface area contributed by atoms with Crippen LogP contribution >= 0.6 is 0 Å². The second-order valence-electron chi connectivity index (χ2n) is 5.30. The van der Waals surface area contributed by atoms with Gasteiger partial charge in [0.15, 0.2) is 17.6 Å². The van der Waals surface area contributed by atoms with Crippen molar-refractivity contribution in [2.24, 2.45) is 16.8 Å². The molecule has 1 aromatic carbocycles. The number of nitrogens with one attached hydrogen (secondary N) is 1. The fraction of sp³-hybridized carbons (Fsp3) is 0.375. The van der Waals surface area contributed by atoms with Crippen LogP contribution < -0.4 is 5.32 Å². The van der Waals surface area contributed by atoms with E-state index < -0.39 is 30.4 Å². The number of fused-ring (bicyclic) bond motifs is 1. The number of ketones is 2. The number of rotatable bonds is 5. The van der Waals surface area contributed by atoms with Crippen LogP contribution in [0.15, 0.2) is 29.3 Å². The molecule has 116 valence electrons. The lowest BCUT2D eigenvalue weighted by atomic mass is 9.75. The number of hydrogen-bond donors (Lipinski definition) is 2. The summed E-state index contributed by atoms with van der Waals surface area (Å²) in [5, 5.41) is 11.6. The van der Waals surface area contributed by atoms with Crippen molar-refractivity contribution >= 4 is 24.2 Å². The first-order valence-electron chi connectivity index (χ1n) is 7.03. The Balaban J connectivity index is 2.16. The van der Waals surface area contributed by atoms with Gasteiger partial charge in [0.1, 0.15) is 0 Å². The quantitative estimate of drug-likeness (QED) is 0.774. The molecule has 22 heavy (non-hydrogen) atoms. The van der Waals surface area contributed by atoms with Gasteiger partial charge >= 0.3 is 0 Å². The summed E-state index contributed by atoms with van der Waals surface area (Å²) < 4.78 is 0. The highest BCUT2D eigenvalue weighted by atomic mass is 16.3. The molecule has 0 heterocycles. The number of benzene rings is 1. The molecule has 2 unspecified atom stereocenters. The molecular weight excluding hydrogens is 284 g/mol. The largest absolute Gasteiger partial charge is 0.394 e. The summed E-state index contributed by atoms with van der Waals surface area (Å²) in [6, 6.07) is 5.74. The molecular formula is C16H18N2O4. The molecule has 0 spiro atoms. The van der Waals surface area contributed by atoms with Crippen LogP contribution in [0.25, 0.3) is 0 Å². The SMILES string of the molecule is C=NC(CO)C(=O)NCC1C(=O)c2ccccc2C(=O)[C@H]1C. The van der Waals surface area contributed by atoms with Gasteiger partial charge in [0.2, 0.25) is 5.91 Å². The standard InChI is InChI=1S/C16H18N2O4/c1-9-12(7-18-16(22)13(8-19)17-2)15(21)11-6-4-3-5-10(11)14(9)20/h3-6,9,12-13,19H,2,7-8H2,1H3,(H,18,22)/t9-,12?,13?/m0/s1. The van der Waals surface area contributed by atoms with Crippen molar-refractivity contribution in [1.29, 1.82) is 0 Å². The molecule has 6 heteroatoms. The van der Waals surface area contributed by atoms with E-state index in [9.17, 15) is 14.4 Å². The molecule has 3 atom stereocenters. The zero-order valence-electron chi connectivity index (χ0n) is 12.3. The van der Waals surface area contributed by atoms with Crippen molar-refractivity contribution in [2.75, 3.05) is 13.2 Å². The van der Waals surface area contributed by atoms with Crippen LogP contribution in [0.4, 0.5) is 0 Å². The molecule has 0 radical (unpaired) electrons. The summed E-state index contributed by atoms with van der Waals surface area (Å²) in [6.45, 7) is 4.49. The van der Waals surface area contributed by atoms with Crippen LogP contribution in [0.1, 0.15) is 27.6 Å². The van der Waals surface area contributed by atoms with Crippen molar-refractivity contribution in [3.05, 3.63) is 35.4 Å². The third-order valence-electron chi connectivity index (χ3n) is 4.00. The van der Waals surface area contributed by atoms with Gasteiger partial charge in [0.05, 0.1) is 6.61 Å². The van der Waals surface area contributed by atoms with Gasteiger partial charge in [0.25, 0.3) is 0 Å². The maximum Gasteiger partial charge on any atom is 0.247 e. The Labute approximate surface area is 128 Å². The number of hydrogen-bond acceptors (Lipinski definition) is 5. The lowest BCUT2D eigenvalue weighted by Gasteiger charge is -2.28. The van der Waals surface area contributed by atoms with Gasteiger partial charge in [-0.05, 0) is 6.72 Å². The molecule has 0 aromatic heterocycles. The molecule has 1 aliphatic carbocycles. The zero-order valence-corrected chi connectivity index (χ0v) is 12.3. The Bertz CT molecular complexity index is 626. The Morgan fingerprint density at radius 2 is 1.91 bits per heavy atom. The maximum atomic E-state index is 12.5. The third kappa shape index (κ3) is 2.82. The number of aliphatic imine (C=N–C) groups is 1. The molecule has 0 saturated heterocycles. The third-order valence-corrected chi connectivity index (χ3v) is 4.00. The van der Waals surface area contributed by atoms with Crippen molar-refractivity contribution in [2.45, 2.75) is 13.0 Å². The number of amides is 1. The molecule has 0 fully saturated rings. The molecule has 1 amide bonds. The van der Waals surface area contributed by atoms with E-state index >= 15 is 0 Å². The second-order valence-corrected chi connectivity index (χ2v) is 5.30. The highest BCUT2D eigenvalue weighted by molar-refractivity contribution is 6.16. The van der Waals surface area contributed by atoms with Gasteiger partial charge in [-0.2, -0.15) is 0 Å². The van der Waals surface area contributed by atoms with Gasteiger partial charge in [0, 0.05) is 29.5 Å². The molecule has 2 rings (SSSR count). The first-order chi connectivity index (χ1) is 10.5. The lowest BCUT2D eigenvalue weighted by molar-refractivity contribution is -0.123. The van der Waals surface area contributed by atoms with Crippen LogP contribution in [0, 0.1) is 11.8 Å². The number of aliphatic hydroxyl groups is 1. The van der Waals surface area contributed by atoms with E-state index in [1.165, 1.54) is 0 Å². The predicted molar refractivity (Wildman–Crippen MR) is 81.2 cm³/mol. The summed E-state index contributed by atoms with van der Waals surface area (Å²) in [5.41, 5.74) is 0.828. The minimum absolute atomic E-state index is 0.0327. The Kier molecular flexibility index (Phi) is 4.82. The maximum absolute atomic E-state index is 12.5. The van der Waals surface area contributed by atoms with E-state index in [0.29, 0.717) is 11.1 Å². The average Bonchev–Trinajstić information content (AvgIpc) is 2.54. The highest BCUT2D eigenvalue weighted by Crippen LogP contribution is 2.29. The second kappa shape index (κ2) is 6.62. The molecule has 1 aliphatic rings. The molecule has 2 N–H and O–H groups in total. The number of Topliss-reactive ketones (excluding diaryl/α,β-unsaturated/α-hetero) is 2. The van der Waals surface area contributed by atoms with Crippen LogP contribution in [-0.4, -0.2) is 48.5 Å². The first kappa shape index (κ1) is 16.0. The highest BCUT2D eigenvalue weighted by Gasteiger charge is 2.38. The van der Waals surface area contributed by atoms with Crippen LogP contribution in [0.5, 0.6) is 0 Å². The van der Waals surface area contributed by atoms with Gasteiger partial charge < -0.3 is 10.4 Å². The van der Waals surface area contributed by atoms with Crippen molar-refractivity contribution in [3.63, 3.8) is 0 Å². The van der Waals surface area contributed by atoms with Gasteiger partial charge in [-0.1, -0.05) is 31.2 Å². The molecule has 0 bridgehead atoms. The van der Waals surface area contributed by atoms with Crippen LogP contribution in [-0.2, 0) is 4.79 Å². The number of carbonyl (C=O) groups excluding carboxylic acids is 3. The van der Waals surface area contributed by atoms with E-state index in [4.69, 9.17) is 5.11 Å². The monoisotopic (exact) mass is 302 g/mol. The van der Waals surface area contributed by atoms with E-state index in [1.807, 2.05) is 0 Å². The fourth-order valence-corrected chi connectivity index (χ4v) is 2.59. The summed E-state index contributed by atoms with van der Waals surface area (Å²) in [6.07, 6.45) is 0. The minimum atomic E-state index is -0.961. The van der Waals surface area contributed by atoms with Gasteiger partial charge in [-0.3, -0.25) is 19.4 Å². The summed E-state index contributed by atoms with van der Waals surface area (Å²) in [5.74, 6) is -1.89. The molecule has 1 aromatic rings. The van der Waals surface area contributed by atoms with E-state index in [-0.39, 0.29) is 18.1 Å². The number of carbonyl (C=O) groups is 3. The smallest absolute Gasteiger partial charge is 0.247 e. The summed E-state index contributed by atoms with van der Waals surface area (Å²) >= 11 is 0. The topological polar surface area (TPSA) is 95.8 Å². The van der Waals surface area contributed by atoms with Crippen LogP contribution in [0.3, 0.4) is 0 Å². The molecule has 6 nitrogen and oxygen atoms in total. The molecule has 0 saturated carbocycles. The Morgan fingerprint density at radius 1 is 1.32 bits per heavy atom. The summed E-state index contributed by atoms with van der Waals surface area (Å²) in [4.78, 5) is 40.1.